The fourth-order valence-corrected chi connectivity index (χ4v) is 6.78. The predicted octanol–water partition coefficient (Wildman–Crippen LogP) is 6.40. The molecule has 43 heavy (non-hydrogen) atoms. The Morgan fingerprint density at radius 2 is 1.70 bits per heavy atom. The van der Waals surface area contributed by atoms with Gasteiger partial charge in [0.05, 0.1) is 23.4 Å². The van der Waals surface area contributed by atoms with Gasteiger partial charge in [0, 0.05) is 55.0 Å². The number of alkyl halides is 3. The van der Waals surface area contributed by atoms with Crippen LogP contribution in [0.4, 0.5) is 19.1 Å². The number of aliphatic hydroxyl groups excluding tert-OH is 1. The minimum atomic E-state index is -4.31. The molecule has 242 valence electrons. The average molecular weight is 612 g/mol. The van der Waals surface area contributed by atoms with Gasteiger partial charge in [-0.1, -0.05) is 13.8 Å². The lowest BCUT2D eigenvalue weighted by atomic mass is 9.78. The highest BCUT2D eigenvalue weighted by atomic mass is 19.4. The number of fused-ring (bicyclic) bond motifs is 1. The van der Waals surface area contributed by atoms with Crippen LogP contribution in [0.25, 0.3) is 10.9 Å². The fourth-order valence-electron chi connectivity index (χ4n) is 6.78. The zero-order valence-corrected chi connectivity index (χ0v) is 26.7. The minimum absolute atomic E-state index is 0.000467. The summed E-state index contributed by atoms with van der Waals surface area (Å²) in [6, 6.07) is -0.909. The molecule has 9 nitrogen and oxygen atoms in total. The molecule has 3 heterocycles. The third kappa shape index (κ3) is 8.68. The van der Waals surface area contributed by atoms with Crippen LogP contribution in [0, 0.1) is 0 Å². The number of likely N-dealkylation sites (tertiary alicyclic amines) is 1. The Morgan fingerprint density at radius 1 is 1.09 bits per heavy atom. The maximum atomic E-state index is 12.9. The van der Waals surface area contributed by atoms with E-state index in [1.165, 1.54) is 14.0 Å². The smallest absolute Gasteiger partial charge is 0.391 e. The van der Waals surface area contributed by atoms with Crippen LogP contribution in [0.1, 0.15) is 105 Å². The highest BCUT2D eigenvalue weighted by Gasteiger charge is 2.48. The number of nitrogens with one attached hydrogen (secondary N) is 1. The summed E-state index contributed by atoms with van der Waals surface area (Å²) in [5.74, 6) is 0.476. The Labute approximate surface area is 253 Å². The van der Waals surface area contributed by atoms with Gasteiger partial charge in [-0.25, -0.2) is 15.0 Å². The van der Waals surface area contributed by atoms with Crippen LogP contribution in [0.5, 0.6) is 5.88 Å². The number of pyridine rings is 1. The summed E-state index contributed by atoms with van der Waals surface area (Å²) in [7, 11) is 1.50. The van der Waals surface area contributed by atoms with E-state index in [2.05, 4.69) is 20.3 Å². The van der Waals surface area contributed by atoms with Crippen molar-refractivity contribution in [2.45, 2.75) is 135 Å². The van der Waals surface area contributed by atoms with Crippen molar-refractivity contribution in [3.63, 3.8) is 0 Å². The van der Waals surface area contributed by atoms with Gasteiger partial charge in [0.25, 0.3) is 0 Å². The second-order valence-electron chi connectivity index (χ2n) is 12.8. The van der Waals surface area contributed by atoms with E-state index in [0.717, 1.165) is 18.4 Å². The van der Waals surface area contributed by atoms with Gasteiger partial charge in [0.1, 0.15) is 12.7 Å². The molecule has 1 aliphatic carbocycles. The Kier molecular flexibility index (Phi) is 11.3. The van der Waals surface area contributed by atoms with Gasteiger partial charge in [0.2, 0.25) is 17.7 Å². The first-order valence-corrected chi connectivity index (χ1v) is 15.3. The number of hydrogen-bond acceptors (Lipinski definition) is 8. The van der Waals surface area contributed by atoms with E-state index in [-0.39, 0.29) is 36.6 Å². The third-order valence-corrected chi connectivity index (χ3v) is 8.12. The molecule has 4 rings (SSSR count). The van der Waals surface area contributed by atoms with Crippen LogP contribution in [0.3, 0.4) is 0 Å². The molecule has 1 aliphatic heterocycles. The van der Waals surface area contributed by atoms with Crippen LogP contribution in [0.15, 0.2) is 12.4 Å². The SMILES string of the molecule is CC.COCC(=O)N1C(C)(C)CC(Oc2ncc(C3CCC(O)CC3)c3nc(NC(C)CC(F)(F)F)ncc23)CC1(C)C. The Hall–Kier alpha value is -2.73. The Morgan fingerprint density at radius 3 is 2.26 bits per heavy atom. The maximum absolute atomic E-state index is 12.9. The highest BCUT2D eigenvalue weighted by molar-refractivity contribution is 5.86. The second kappa shape index (κ2) is 13.9. The van der Waals surface area contributed by atoms with E-state index >= 15 is 0 Å². The molecular weight excluding hydrogens is 563 g/mol. The first-order valence-electron chi connectivity index (χ1n) is 15.3. The van der Waals surface area contributed by atoms with E-state index in [1.807, 2.05) is 46.4 Å². The predicted molar refractivity (Wildman–Crippen MR) is 160 cm³/mol. The van der Waals surface area contributed by atoms with Gasteiger partial charge < -0.3 is 24.8 Å². The number of anilines is 1. The molecule has 2 N–H and O–H groups in total. The number of aromatic nitrogens is 3. The molecule has 0 bridgehead atoms. The number of nitrogens with zero attached hydrogens (tertiary/aromatic N) is 4. The highest BCUT2D eigenvalue weighted by Crippen LogP contribution is 2.42. The number of piperidine rings is 1. The van der Waals surface area contributed by atoms with E-state index in [4.69, 9.17) is 9.47 Å². The lowest BCUT2D eigenvalue weighted by Gasteiger charge is -2.54. The van der Waals surface area contributed by atoms with E-state index in [1.54, 1.807) is 12.4 Å². The first-order chi connectivity index (χ1) is 20.1. The van der Waals surface area contributed by atoms with Crippen LogP contribution in [-0.4, -0.2) is 80.1 Å². The molecule has 2 fully saturated rings. The number of methoxy groups -OCH3 is 1. The maximum Gasteiger partial charge on any atom is 0.391 e. The van der Waals surface area contributed by atoms with Gasteiger partial charge >= 0.3 is 6.18 Å². The van der Waals surface area contributed by atoms with Crippen molar-refractivity contribution in [1.29, 1.82) is 0 Å². The molecule has 1 saturated carbocycles. The Bertz CT molecular complexity index is 1210. The topological polar surface area (TPSA) is 110 Å². The van der Waals surface area contributed by atoms with Crippen LogP contribution in [0.2, 0.25) is 0 Å². The molecule has 1 amide bonds. The lowest BCUT2D eigenvalue weighted by Crippen LogP contribution is -2.65. The molecule has 2 aromatic rings. The normalized spacial score (nSPS) is 22.8. The zero-order chi connectivity index (χ0) is 32.2. The summed E-state index contributed by atoms with van der Waals surface area (Å²) in [4.78, 5) is 28.5. The summed E-state index contributed by atoms with van der Waals surface area (Å²) in [5.41, 5.74) is 0.430. The number of amides is 1. The summed E-state index contributed by atoms with van der Waals surface area (Å²) in [5, 5.41) is 13.4. The number of aliphatic hydroxyl groups is 1. The van der Waals surface area contributed by atoms with Crippen molar-refractivity contribution < 1.29 is 32.5 Å². The van der Waals surface area contributed by atoms with Crippen LogP contribution in [-0.2, 0) is 9.53 Å². The molecule has 0 radical (unpaired) electrons. The van der Waals surface area contributed by atoms with E-state index < -0.39 is 29.7 Å². The molecule has 1 atom stereocenters. The van der Waals surface area contributed by atoms with Gasteiger partial charge in [-0.2, -0.15) is 13.2 Å². The van der Waals surface area contributed by atoms with Crippen LogP contribution >= 0.6 is 0 Å². The summed E-state index contributed by atoms with van der Waals surface area (Å²) in [6.45, 7) is 13.5. The molecule has 2 aromatic heterocycles. The second-order valence-corrected chi connectivity index (χ2v) is 12.8. The van der Waals surface area contributed by atoms with Gasteiger partial charge in [0.15, 0.2) is 0 Å². The third-order valence-electron chi connectivity index (χ3n) is 8.12. The molecule has 0 spiro atoms. The largest absolute Gasteiger partial charge is 0.474 e. The number of rotatable bonds is 8. The van der Waals surface area contributed by atoms with Crippen molar-refractivity contribution in [2.75, 3.05) is 19.0 Å². The summed E-state index contributed by atoms with van der Waals surface area (Å²) >= 11 is 0. The van der Waals surface area contributed by atoms with Crippen molar-refractivity contribution in [3.05, 3.63) is 18.0 Å². The van der Waals surface area contributed by atoms with Gasteiger partial charge in [-0.15, -0.1) is 0 Å². The molecule has 12 heteroatoms. The van der Waals surface area contributed by atoms with Gasteiger partial charge in [-0.3, -0.25) is 4.79 Å². The minimum Gasteiger partial charge on any atom is -0.474 e. The number of carbonyl (C=O) groups is 1. The fraction of sp³-hybridized carbons (Fsp3) is 0.742. The first kappa shape index (κ1) is 34.8. The molecular formula is C31H48F3N5O4. The van der Waals surface area contributed by atoms with Crippen LogP contribution < -0.4 is 10.1 Å². The van der Waals surface area contributed by atoms with Gasteiger partial charge in [-0.05, 0) is 66.2 Å². The van der Waals surface area contributed by atoms with Crippen molar-refractivity contribution in [3.8, 4) is 5.88 Å². The standard InChI is InChI=1S/C29H42F3N5O4.C2H6/c1-17(11-29(30,31)32)35-26-34-15-22-24(36-26)21(18-7-9-19(38)10-8-18)14-33-25(22)41-20-12-27(2,3)37(23(39)16-40-6)28(4,5)13-20;1-2/h14-15,17-20,38H,7-13,16H2,1-6H3,(H,34,35,36);1-2H3. The van der Waals surface area contributed by atoms with Crippen molar-refractivity contribution in [1.82, 2.24) is 19.9 Å². The molecule has 0 aromatic carbocycles. The quantitative estimate of drug-likeness (QED) is 0.353. The molecule has 2 aliphatic rings. The Balaban J connectivity index is 0.00000248. The number of halogens is 3. The zero-order valence-electron chi connectivity index (χ0n) is 26.7. The van der Waals surface area contributed by atoms with Crippen molar-refractivity contribution >= 4 is 22.8 Å². The summed E-state index contributed by atoms with van der Waals surface area (Å²) in [6.07, 6.45) is 1.33. The number of carbonyl (C=O) groups excluding carboxylic acids is 1. The van der Waals surface area contributed by atoms with E-state index in [9.17, 15) is 23.1 Å². The van der Waals surface area contributed by atoms with Crippen molar-refractivity contribution in [2.24, 2.45) is 0 Å². The van der Waals surface area contributed by atoms with E-state index in [0.29, 0.717) is 42.5 Å². The number of hydrogen-bond donors (Lipinski definition) is 2. The molecule has 1 saturated heterocycles. The monoisotopic (exact) mass is 611 g/mol. The average Bonchev–Trinajstić information content (AvgIpc) is 2.88. The molecule has 1 unspecified atom stereocenters. The number of ether oxygens (including phenoxy) is 2. The lowest BCUT2D eigenvalue weighted by molar-refractivity contribution is -0.157. The summed E-state index contributed by atoms with van der Waals surface area (Å²) < 4.78 is 50.4.